The third-order valence-corrected chi connectivity index (χ3v) is 4.80. The maximum absolute atomic E-state index is 11.6. The molecule has 0 atom stereocenters. The van der Waals surface area contributed by atoms with Crippen molar-refractivity contribution >= 4 is 10.1 Å². The fraction of sp³-hybridized carbons (Fsp3) is 0.368. The minimum absolute atomic E-state index is 0. The molecule has 0 saturated carbocycles. The molecule has 0 bridgehead atoms. The number of aryl methyl sites for hydroxylation is 1. The first kappa shape index (κ1) is 23.6. The molecule has 0 unspecified atom stereocenters. The molecule has 0 aliphatic rings. The van der Waals surface area contributed by atoms with Crippen LogP contribution in [0.1, 0.15) is 44.6 Å². The van der Waals surface area contributed by atoms with E-state index >= 15 is 0 Å². The van der Waals surface area contributed by atoms with Crippen molar-refractivity contribution in [3.05, 3.63) is 48.0 Å². The molecule has 2 aromatic carbocycles. The second-order valence-corrected chi connectivity index (χ2v) is 7.38. The summed E-state index contributed by atoms with van der Waals surface area (Å²) in [7, 11) is -4.40. The second kappa shape index (κ2) is 11.4. The predicted molar refractivity (Wildman–Crippen MR) is 94.7 cm³/mol. The van der Waals surface area contributed by atoms with E-state index in [9.17, 15) is 18.1 Å². The van der Waals surface area contributed by atoms with Crippen molar-refractivity contribution in [1.29, 1.82) is 0 Å². The van der Waals surface area contributed by atoms with Gasteiger partial charge in [-0.05, 0) is 42.7 Å². The molecule has 7 heteroatoms. The van der Waals surface area contributed by atoms with E-state index in [1.807, 2.05) is 0 Å². The number of benzene rings is 2. The Morgan fingerprint density at radius 2 is 1.65 bits per heavy atom. The molecule has 0 aromatic heterocycles. The number of ether oxygens (including phenoxy) is 1. The Balaban J connectivity index is 0.00000338. The van der Waals surface area contributed by atoms with Gasteiger partial charge in [0.1, 0.15) is 16.4 Å². The molecule has 0 fully saturated rings. The Morgan fingerprint density at radius 3 is 2.27 bits per heavy atom. The van der Waals surface area contributed by atoms with E-state index in [1.165, 1.54) is 49.6 Å². The minimum Gasteiger partial charge on any atom is -0.872 e. The molecule has 0 saturated heterocycles. The van der Waals surface area contributed by atoms with Gasteiger partial charge in [0.25, 0.3) is 10.1 Å². The zero-order valence-corrected chi connectivity index (χ0v) is 19.2. The summed E-state index contributed by atoms with van der Waals surface area (Å²) < 4.78 is 38.1. The Bertz CT molecular complexity index is 788. The average Bonchev–Trinajstić information content (AvgIpc) is 2.56. The summed E-state index contributed by atoms with van der Waals surface area (Å²) in [6, 6.07) is 10.3. The van der Waals surface area contributed by atoms with Gasteiger partial charge >= 0.3 is 51.4 Å². The van der Waals surface area contributed by atoms with Gasteiger partial charge in [0.2, 0.25) is 0 Å². The Morgan fingerprint density at radius 1 is 1.00 bits per heavy atom. The van der Waals surface area contributed by atoms with Crippen LogP contribution in [0.2, 0.25) is 0 Å². The number of unbranched alkanes of at least 4 members (excludes halogenated alkanes) is 4. The monoisotopic (exact) mass is 402 g/mol. The van der Waals surface area contributed by atoms with Crippen LogP contribution < -0.4 is 61.2 Å². The van der Waals surface area contributed by atoms with E-state index in [4.69, 9.17) is 4.74 Å². The predicted octanol–water partition coefficient (Wildman–Crippen LogP) is 1.32. The molecule has 0 spiro atoms. The summed E-state index contributed by atoms with van der Waals surface area (Å²) >= 11 is 0. The molecule has 5 nitrogen and oxygen atoms in total. The first-order valence-electron chi connectivity index (χ1n) is 8.45. The van der Waals surface area contributed by atoms with Gasteiger partial charge in [-0.15, -0.1) is 5.75 Å². The number of rotatable bonds is 9. The maximum Gasteiger partial charge on any atom is 1.00 e. The Kier molecular flexibility index (Phi) is 10.4. The van der Waals surface area contributed by atoms with Crippen molar-refractivity contribution in [2.75, 3.05) is 0 Å². The number of hydrogen-bond acceptors (Lipinski definition) is 4. The zero-order chi connectivity index (χ0) is 18.3. The summed E-state index contributed by atoms with van der Waals surface area (Å²) in [5.74, 6) is 0.236. The molecular formula is C19H23KO5S. The van der Waals surface area contributed by atoms with Crippen LogP contribution in [0.4, 0.5) is 0 Å². The fourth-order valence-corrected chi connectivity index (χ4v) is 3.16. The summed E-state index contributed by atoms with van der Waals surface area (Å²) in [4.78, 5) is -0.284. The van der Waals surface area contributed by atoms with E-state index < -0.39 is 10.1 Å². The van der Waals surface area contributed by atoms with E-state index in [1.54, 1.807) is 12.1 Å². The molecule has 1 N–H and O–H groups in total. The van der Waals surface area contributed by atoms with Gasteiger partial charge in [-0.1, -0.05) is 50.8 Å². The molecule has 26 heavy (non-hydrogen) atoms. The summed E-state index contributed by atoms with van der Waals surface area (Å²) in [6.45, 7) is 2.16. The van der Waals surface area contributed by atoms with Gasteiger partial charge in [-0.2, -0.15) is 8.42 Å². The third kappa shape index (κ3) is 7.68. The normalized spacial score (nSPS) is 11.0. The van der Waals surface area contributed by atoms with Crippen molar-refractivity contribution in [1.82, 2.24) is 0 Å². The molecule has 0 aliphatic heterocycles. The van der Waals surface area contributed by atoms with Crippen molar-refractivity contribution < 1.29 is 74.2 Å². The number of hydrogen-bond donors (Lipinski definition) is 1. The van der Waals surface area contributed by atoms with Gasteiger partial charge in [0.05, 0.1) is 0 Å². The van der Waals surface area contributed by atoms with Gasteiger partial charge in [0, 0.05) is 0 Å². The van der Waals surface area contributed by atoms with Crippen molar-refractivity contribution in [2.24, 2.45) is 0 Å². The van der Waals surface area contributed by atoms with Gasteiger partial charge in [-0.25, -0.2) is 0 Å². The third-order valence-electron chi connectivity index (χ3n) is 3.91. The SMILES string of the molecule is CCCCCCCc1ccc(S(=O)(=O)O)c(Oc2ccc([O-])cc2)c1.[K+]. The summed E-state index contributed by atoms with van der Waals surface area (Å²) in [5.41, 5.74) is 0.944. The van der Waals surface area contributed by atoms with Crippen LogP contribution in [-0.4, -0.2) is 13.0 Å². The van der Waals surface area contributed by atoms with Crippen molar-refractivity contribution in [3.8, 4) is 17.2 Å². The molecular weight excluding hydrogens is 379 g/mol. The fourth-order valence-electron chi connectivity index (χ4n) is 2.57. The molecule has 0 amide bonds. The second-order valence-electron chi connectivity index (χ2n) is 5.99. The molecule has 0 heterocycles. The van der Waals surface area contributed by atoms with E-state index in [-0.39, 0.29) is 67.8 Å². The van der Waals surface area contributed by atoms with Gasteiger partial charge < -0.3 is 9.84 Å². The van der Waals surface area contributed by atoms with Crippen molar-refractivity contribution in [3.63, 3.8) is 0 Å². The van der Waals surface area contributed by atoms with E-state index in [0.29, 0.717) is 5.75 Å². The van der Waals surface area contributed by atoms with Crippen LogP contribution in [0.5, 0.6) is 17.2 Å². The topological polar surface area (TPSA) is 86.7 Å². The largest absolute Gasteiger partial charge is 1.00 e. The summed E-state index contributed by atoms with van der Waals surface area (Å²) in [5, 5.41) is 11.2. The molecule has 2 rings (SSSR count). The standard InChI is InChI=1S/C19H24O5S.K/c1-2-3-4-5-6-7-15-8-13-19(25(21,22)23)18(14-15)24-17-11-9-16(20)10-12-17;/h8-14,20H,2-7H2,1H3,(H,21,22,23);/q;+1/p-1. The minimum atomic E-state index is -4.40. The van der Waals surface area contributed by atoms with Crippen LogP contribution in [0.3, 0.4) is 0 Å². The van der Waals surface area contributed by atoms with Gasteiger partial charge in [-0.3, -0.25) is 4.55 Å². The molecule has 0 aliphatic carbocycles. The van der Waals surface area contributed by atoms with Crippen LogP contribution in [-0.2, 0) is 16.5 Å². The van der Waals surface area contributed by atoms with Crippen molar-refractivity contribution in [2.45, 2.75) is 50.3 Å². The Labute approximate surface area is 198 Å². The first-order valence-corrected chi connectivity index (χ1v) is 9.89. The maximum atomic E-state index is 11.6. The zero-order valence-electron chi connectivity index (χ0n) is 15.3. The van der Waals surface area contributed by atoms with Crippen LogP contribution in [0.25, 0.3) is 0 Å². The Hall–Kier alpha value is -0.414. The molecule has 136 valence electrons. The van der Waals surface area contributed by atoms with Gasteiger partial charge in [0.15, 0.2) is 0 Å². The summed E-state index contributed by atoms with van der Waals surface area (Å²) in [6.07, 6.45) is 6.52. The van der Waals surface area contributed by atoms with Crippen LogP contribution in [0, 0.1) is 0 Å². The molecule has 0 radical (unpaired) electrons. The smallest absolute Gasteiger partial charge is 0.872 e. The molecule has 2 aromatic rings. The quantitative estimate of drug-likeness (QED) is 0.388. The van der Waals surface area contributed by atoms with E-state index in [2.05, 4.69) is 6.92 Å². The van der Waals surface area contributed by atoms with Crippen LogP contribution >= 0.6 is 0 Å². The first-order chi connectivity index (χ1) is 11.9. The van der Waals surface area contributed by atoms with Crippen LogP contribution in [0.15, 0.2) is 47.4 Å². The van der Waals surface area contributed by atoms with E-state index in [0.717, 1.165) is 24.8 Å². The average molecular weight is 403 g/mol.